The minimum atomic E-state index is -1.05. The Morgan fingerprint density at radius 3 is 2.28 bits per heavy atom. The van der Waals surface area contributed by atoms with Gasteiger partial charge in [0.05, 0.1) is 5.02 Å². The highest BCUT2D eigenvalue weighted by Gasteiger charge is 2.16. The molecule has 2 aromatic carbocycles. The summed E-state index contributed by atoms with van der Waals surface area (Å²) in [6.45, 7) is 0. The van der Waals surface area contributed by atoms with Crippen LogP contribution in [-0.4, -0.2) is 5.11 Å². The first kappa shape index (κ1) is 13.6. The van der Waals surface area contributed by atoms with E-state index in [-0.39, 0.29) is 5.02 Å². The summed E-state index contributed by atoms with van der Waals surface area (Å²) in [6.07, 6.45) is -1.05. The van der Waals surface area contributed by atoms with Crippen LogP contribution in [0.2, 0.25) is 15.1 Å². The fourth-order valence-corrected chi connectivity index (χ4v) is 2.11. The second-order valence-corrected chi connectivity index (χ2v) is 4.99. The lowest BCUT2D eigenvalue weighted by molar-refractivity contribution is 0.220. The van der Waals surface area contributed by atoms with Crippen molar-refractivity contribution in [2.24, 2.45) is 0 Å². The van der Waals surface area contributed by atoms with Crippen molar-refractivity contribution in [2.45, 2.75) is 6.10 Å². The summed E-state index contributed by atoms with van der Waals surface area (Å²) in [4.78, 5) is 0. The molecule has 0 aliphatic rings. The van der Waals surface area contributed by atoms with Gasteiger partial charge in [-0.1, -0.05) is 40.9 Å². The molecule has 0 heterocycles. The van der Waals surface area contributed by atoms with Gasteiger partial charge in [-0.25, -0.2) is 4.39 Å². The zero-order valence-corrected chi connectivity index (χ0v) is 11.3. The molecule has 0 saturated carbocycles. The zero-order valence-electron chi connectivity index (χ0n) is 9.00. The SMILES string of the molecule is OC(c1ccc(Cl)c(F)c1)c1cc(Cl)ccc1Cl. The Labute approximate surface area is 119 Å². The number of rotatable bonds is 2. The van der Waals surface area contributed by atoms with Crippen molar-refractivity contribution in [3.63, 3.8) is 0 Å². The van der Waals surface area contributed by atoms with Crippen LogP contribution in [0.15, 0.2) is 36.4 Å². The maximum atomic E-state index is 13.3. The third kappa shape index (κ3) is 2.78. The van der Waals surface area contributed by atoms with Gasteiger partial charge in [-0.3, -0.25) is 0 Å². The normalized spacial score (nSPS) is 12.5. The molecule has 0 radical (unpaired) electrons. The van der Waals surface area contributed by atoms with Crippen molar-refractivity contribution >= 4 is 34.8 Å². The van der Waals surface area contributed by atoms with Gasteiger partial charge in [0.15, 0.2) is 0 Å². The van der Waals surface area contributed by atoms with E-state index >= 15 is 0 Å². The van der Waals surface area contributed by atoms with E-state index < -0.39 is 11.9 Å². The van der Waals surface area contributed by atoms with E-state index in [1.165, 1.54) is 18.2 Å². The molecule has 1 atom stereocenters. The molecule has 0 amide bonds. The van der Waals surface area contributed by atoms with Crippen molar-refractivity contribution < 1.29 is 9.50 Å². The third-order valence-corrected chi connectivity index (χ3v) is 3.40. The molecule has 1 unspecified atom stereocenters. The molecule has 0 aliphatic carbocycles. The summed E-state index contributed by atoms with van der Waals surface area (Å²) >= 11 is 17.4. The molecule has 1 N–H and O–H groups in total. The smallest absolute Gasteiger partial charge is 0.142 e. The fraction of sp³-hybridized carbons (Fsp3) is 0.0769. The van der Waals surface area contributed by atoms with Crippen LogP contribution < -0.4 is 0 Å². The number of hydrogen-bond donors (Lipinski definition) is 1. The summed E-state index contributed by atoms with van der Waals surface area (Å²) in [5.41, 5.74) is 0.784. The van der Waals surface area contributed by atoms with Gasteiger partial charge in [0.1, 0.15) is 11.9 Å². The molecule has 0 aromatic heterocycles. The average molecular weight is 306 g/mol. The Kier molecular flexibility index (Phi) is 4.13. The lowest BCUT2D eigenvalue weighted by Crippen LogP contribution is -2.01. The number of aliphatic hydroxyl groups is 1. The molecule has 94 valence electrons. The molecule has 0 saturated heterocycles. The molecule has 5 heteroatoms. The predicted octanol–water partition coefficient (Wildman–Crippen LogP) is 4.87. The largest absolute Gasteiger partial charge is 0.384 e. The summed E-state index contributed by atoms with van der Waals surface area (Å²) in [6, 6.07) is 8.82. The molecule has 2 rings (SSSR count). The molecular formula is C13H8Cl3FO. The van der Waals surface area contributed by atoms with E-state index in [0.717, 1.165) is 0 Å². The first-order valence-corrected chi connectivity index (χ1v) is 6.20. The Bertz CT molecular complexity index is 586. The number of benzene rings is 2. The monoisotopic (exact) mass is 304 g/mol. The van der Waals surface area contributed by atoms with Gasteiger partial charge < -0.3 is 5.11 Å². The maximum Gasteiger partial charge on any atom is 0.142 e. The van der Waals surface area contributed by atoms with Crippen molar-refractivity contribution in [3.8, 4) is 0 Å². The van der Waals surface area contributed by atoms with Crippen LogP contribution in [0.5, 0.6) is 0 Å². The Morgan fingerprint density at radius 1 is 0.944 bits per heavy atom. The lowest BCUT2D eigenvalue weighted by atomic mass is 10.0. The van der Waals surface area contributed by atoms with Crippen LogP contribution in [0, 0.1) is 5.82 Å². The van der Waals surface area contributed by atoms with E-state index in [1.807, 2.05) is 0 Å². The maximum absolute atomic E-state index is 13.3. The fourth-order valence-electron chi connectivity index (χ4n) is 1.59. The minimum absolute atomic E-state index is 0.00291. The number of hydrogen-bond acceptors (Lipinski definition) is 1. The van der Waals surface area contributed by atoms with E-state index in [2.05, 4.69) is 0 Å². The van der Waals surface area contributed by atoms with E-state index in [0.29, 0.717) is 21.2 Å². The van der Waals surface area contributed by atoms with E-state index in [9.17, 15) is 9.50 Å². The predicted molar refractivity (Wildman–Crippen MR) is 71.9 cm³/mol. The molecular weight excluding hydrogens is 297 g/mol. The van der Waals surface area contributed by atoms with Crippen LogP contribution in [0.1, 0.15) is 17.2 Å². The molecule has 0 spiro atoms. The minimum Gasteiger partial charge on any atom is -0.384 e. The first-order chi connectivity index (χ1) is 8.49. The lowest BCUT2D eigenvalue weighted by Gasteiger charge is -2.14. The number of halogens is 4. The second-order valence-electron chi connectivity index (χ2n) is 3.74. The summed E-state index contributed by atoms with van der Waals surface area (Å²) in [5.74, 6) is -0.591. The first-order valence-electron chi connectivity index (χ1n) is 5.07. The van der Waals surface area contributed by atoms with Crippen LogP contribution in [0.25, 0.3) is 0 Å². The molecule has 2 aromatic rings. The van der Waals surface area contributed by atoms with Gasteiger partial charge in [-0.05, 0) is 35.9 Å². The summed E-state index contributed by atoms with van der Waals surface area (Å²) < 4.78 is 13.3. The quantitative estimate of drug-likeness (QED) is 0.839. The molecule has 0 aliphatic heterocycles. The van der Waals surface area contributed by atoms with Crippen molar-refractivity contribution in [1.29, 1.82) is 0 Å². The van der Waals surface area contributed by atoms with Gasteiger partial charge in [0.2, 0.25) is 0 Å². The van der Waals surface area contributed by atoms with Gasteiger partial charge >= 0.3 is 0 Å². The Balaban J connectivity index is 2.44. The van der Waals surface area contributed by atoms with E-state index in [1.54, 1.807) is 18.2 Å². The van der Waals surface area contributed by atoms with Crippen molar-refractivity contribution in [3.05, 3.63) is 68.4 Å². The highest BCUT2D eigenvalue weighted by Crippen LogP contribution is 2.31. The molecule has 0 bridgehead atoms. The molecule has 0 fully saturated rings. The van der Waals surface area contributed by atoms with Crippen molar-refractivity contribution in [2.75, 3.05) is 0 Å². The topological polar surface area (TPSA) is 20.2 Å². The van der Waals surface area contributed by atoms with Gasteiger partial charge in [0, 0.05) is 15.6 Å². The average Bonchev–Trinajstić information content (AvgIpc) is 2.35. The standard InChI is InChI=1S/C13H8Cl3FO/c14-8-2-4-10(15)9(6-8)13(18)7-1-3-11(16)12(17)5-7/h1-6,13,18H. The zero-order chi connectivity index (χ0) is 13.3. The highest BCUT2D eigenvalue weighted by atomic mass is 35.5. The van der Waals surface area contributed by atoms with Crippen LogP contribution in [-0.2, 0) is 0 Å². The Morgan fingerprint density at radius 2 is 1.61 bits per heavy atom. The second kappa shape index (κ2) is 5.45. The molecule has 1 nitrogen and oxygen atoms in total. The van der Waals surface area contributed by atoms with Gasteiger partial charge in [-0.15, -0.1) is 0 Å². The highest BCUT2D eigenvalue weighted by molar-refractivity contribution is 6.33. The van der Waals surface area contributed by atoms with Crippen LogP contribution >= 0.6 is 34.8 Å². The van der Waals surface area contributed by atoms with Crippen LogP contribution in [0.4, 0.5) is 4.39 Å². The summed E-state index contributed by atoms with van der Waals surface area (Å²) in [7, 11) is 0. The number of aliphatic hydroxyl groups excluding tert-OH is 1. The Hall–Kier alpha value is -0.800. The van der Waals surface area contributed by atoms with Gasteiger partial charge in [-0.2, -0.15) is 0 Å². The van der Waals surface area contributed by atoms with E-state index in [4.69, 9.17) is 34.8 Å². The molecule has 18 heavy (non-hydrogen) atoms. The third-order valence-electron chi connectivity index (χ3n) is 2.51. The summed E-state index contributed by atoms with van der Waals surface area (Å²) in [5, 5.41) is 11.0. The van der Waals surface area contributed by atoms with Crippen molar-refractivity contribution in [1.82, 2.24) is 0 Å². The van der Waals surface area contributed by atoms with Crippen LogP contribution in [0.3, 0.4) is 0 Å². The van der Waals surface area contributed by atoms with Gasteiger partial charge in [0.25, 0.3) is 0 Å².